The van der Waals surface area contributed by atoms with Crippen LogP contribution in [0.15, 0.2) is 48.5 Å². The Morgan fingerprint density at radius 3 is 2.41 bits per heavy atom. The number of nitrogens with one attached hydrogen (secondary N) is 1. The van der Waals surface area contributed by atoms with Crippen LogP contribution in [0.1, 0.15) is 29.8 Å². The number of carbonyl (C=O) groups excluding carboxylic acids is 3. The molecule has 1 heterocycles. The Labute approximate surface area is 168 Å². The molecule has 1 atom stereocenters. The van der Waals surface area contributed by atoms with Gasteiger partial charge in [-0.2, -0.15) is 0 Å². The molecule has 0 aliphatic carbocycles. The SMILES string of the molecule is CC(=O)c1ccc(NC(=O)[C@H](C)OC(=O)/C=C/c2ccc3c(c2)OCCO3)cc1. The summed E-state index contributed by atoms with van der Waals surface area (Å²) in [5.41, 5.74) is 1.80. The number of rotatable bonds is 6. The lowest BCUT2D eigenvalue weighted by Gasteiger charge is -2.18. The van der Waals surface area contributed by atoms with Crippen LogP contribution in [0.4, 0.5) is 5.69 Å². The lowest BCUT2D eigenvalue weighted by atomic mass is 10.1. The largest absolute Gasteiger partial charge is 0.486 e. The van der Waals surface area contributed by atoms with E-state index in [1.54, 1.807) is 48.5 Å². The summed E-state index contributed by atoms with van der Waals surface area (Å²) in [5.74, 6) is 0.110. The summed E-state index contributed by atoms with van der Waals surface area (Å²) in [5, 5.41) is 2.64. The third-order valence-electron chi connectivity index (χ3n) is 4.20. The highest BCUT2D eigenvalue weighted by Gasteiger charge is 2.17. The summed E-state index contributed by atoms with van der Waals surface area (Å²) in [6.07, 6.45) is 1.84. The zero-order valence-electron chi connectivity index (χ0n) is 16.1. The van der Waals surface area contributed by atoms with Crippen LogP contribution in [0.25, 0.3) is 6.08 Å². The van der Waals surface area contributed by atoms with Gasteiger partial charge in [0.2, 0.25) is 0 Å². The van der Waals surface area contributed by atoms with Gasteiger partial charge in [0, 0.05) is 17.3 Å². The van der Waals surface area contributed by atoms with Crippen LogP contribution >= 0.6 is 0 Å². The topological polar surface area (TPSA) is 90.9 Å². The van der Waals surface area contributed by atoms with Crippen molar-refractivity contribution in [3.63, 3.8) is 0 Å². The molecular formula is C22H21NO6. The van der Waals surface area contributed by atoms with Crippen LogP contribution in [-0.4, -0.2) is 37.0 Å². The first-order chi connectivity index (χ1) is 13.9. The van der Waals surface area contributed by atoms with Crippen LogP contribution < -0.4 is 14.8 Å². The standard InChI is InChI=1S/C22H21NO6/c1-14(24)17-5-7-18(8-6-17)23-22(26)15(2)29-21(25)10-4-16-3-9-19-20(13-16)28-12-11-27-19/h3-10,13,15H,11-12H2,1-2H3,(H,23,26)/b10-4+/t15-/m0/s1. The Kier molecular flexibility index (Phi) is 6.29. The molecule has 0 aromatic heterocycles. The molecule has 7 heteroatoms. The molecular weight excluding hydrogens is 374 g/mol. The maximum atomic E-state index is 12.2. The highest BCUT2D eigenvalue weighted by Crippen LogP contribution is 2.31. The van der Waals surface area contributed by atoms with E-state index >= 15 is 0 Å². The van der Waals surface area contributed by atoms with Crippen LogP contribution in [0.3, 0.4) is 0 Å². The van der Waals surface area contributed by atoms with Crippen molar-refractivity contribution < 1.29 is 28.6 Å². The smallest absolute Gasteiger partial charge is 0.331 e. The molecule has 1 aliphatic rings. The molecule has 0 radical (unpaired) electrons. The molecule has 1 aliphatic heterocycles. The lowest BCUT2D eigenvalue weighted by molar-refractivity contribution is -0.148. The molecule has 0 unspecified atom stereocenters. The molecule has 1 N–H and O–H groups in total. The maximum absolute atomic E-state index is 12.2. The van der Waals surface area contributed by atoms with Gasteiger partial charge in [-0.1, -0.05) is 6.07 Å². The fourth-order valence-electron chi connectivity index (χ4n) is 2.63. The average molecular weight is 395 g/mol. The number of carbonyl (C=O) groups is 3. The van der Waals surface area contributed by atoms with Crippen LogP contribution in [0.2, 0.25) is 0 Å². The van der Waals surface area contributed by atoms with Crippen molar-refractivity contribution in [1.82, 2.24) is 0 Å². The molecule has 1 amide bonds. The number of amides is 1. The third kappa shape index (κ3) is 5.44. The number of ether oxygens (including phenoxy) is 3. The molecule has 150 valence electrons. The molecule has 0 fully saturated rings. The monoisotopic (exact) mass is 395 g/mol. The predicted octanol–water partition coefficient (Wildman–Crippen LogP) is 3.24. The van der Waals surface area contributed by atoms with E-state index in [1.165, 1.54) is 19.9 Å². The molecule has 2 aromatic rings. The zero-order chi connectivity index (χ0) is 20.8. The van der Waals surface area contributed by atoms with Gasteiger partial charge >= 0.3 is 5.97 Å². The Morgan fingerprint density at radius 1 is 1.03 bits per heavy atom. The van der Waals surface area contributed by atoms with Crippen molar-refractivity contribution in [2.45, 2.75) is 20.0 Å². The quantitative estimate of drug-likeness (QED) is 0.459. The van der Waals surface area contributed by atoms with Gasteiger partial charge in [0.25, 0.3) is 5.91 Å². The first kappa shape index (κ1) is 20.1. The van der Waals surface area contributed by atoms with E-state index in [-0.39, 0.29) is 5.78 Å². The highest BCUT2D eigenvalue weighted by molar-refractivity contribution is 5.98. The first-order valence-electron chi connectivity index (χ1n) is 9.12. The fourth-order valence-corrected chi connectivity index (χ4v) is 2.63. The van der Waals surface area contributed by atoms with Crippen molar-refractivity contribution in [2.24, 2.45) is 0 Å². The summed E-state index contributed by atoms with van der Waals surface area (Å²) in [4.78, 5) is 35.5. The number of anilines is 1. The van der Waals surface area contributed by atoms with E-state index in [9.17, 15) is 14.4 Å². The van der Waals surface area contributed by atoms with E-state index in [0.717, 1.165) is 5.56 Å². The van der Waals surface area contributed by atoms with Gasteiger partial charge in [0.1, 0.15) is 13.2 Å². The van der Waals surface area contributed by atoms with Crippen molar-refractivity contribution in [3.8, 4) is 11.5 Å². The fraction of sp³-hybridized carbons (Fsp3) is 0.227. The van der Waals surface area contributed by atoms with Gasteiger partial charge < -0.3 is 19.5 Å². The second-order valence-corrected chi connectivity index (χ2v) is 6.44. The van der Waals surface area contributed by atoms with Gasteiger partial charge in [-0.15, -0.1) is 0 Å². The van der Waals surface area contributed by atoms with Crippen LogP contribution in [0.5, 0.6) is 11.5 Å². The van der Waals surface area contributed by atoms with Gasteiger partial charge in [0.05, 0.1) is 0 Å². The summed E-state index contributed by atoms with van der Waals surface area (Å²) in [6, 6.07) is 11.8. The maximum Gasteiger partial charge on any atom is 0.331 e. The van der Waals surface area contributed by atoms with Gasteiger partial charge in [0.15, 0.2) is 23.4 Å². The van der Waals surface area contributed by atoms with Crippen LogP contribution in [-0.2, 0) is 14.3 Å². The molecule has 0 saturated carbocycles. The summed E-state index contributed by atoms with van der Waals surface area (Å²) >= 11 is 0. The van der Waals surface area contributed by atoms with Crippen molar-refractivity contribution >= 4 is 29.4 Å². The Bertz CT molecular complexity index is 948. The van der Waals surface area contributed by atoms with E-state index in [2.05, 4.69) is 5.32 Å². The zero-order valence-corrected chi connectivity index (χ0v) is 16.1. The highest BCUT2D eigenvalue weighted by atomic mass is 16.6. The van der Waals surface area contributed by atoms with Crippen LogP contribution in [0, 0.1) is 0 Å². The summed E-state index contributed by atoms with van der Waals surface area (Å²) in [7, 11) is 0. The predicted molar refractivity (Wildman–Crippen MR) is 107 cm³/mol. The summed E-state index contributed by atoms with van der Waals surface area (Å²) in [6.45, 7) is 3.93. The van der Waals surface area contributed by atoms with Crippen molar-refractivity contribution in [2.75, 3.05) is 18.5 Å². The number of esters is 1. The molecule has 0 spiro atoms. The normalized spacial score (nSPS) is 13.6. The van der Waals surface area contributed by atoms with E-state index in [4.69, 9.17) is 14.2 Å². The number of ketones is 1. The minimum absolute atomic E-state index is 0.0602. The number of hydrogen-bond donors (Lipinski definition) is 1. The minimum atomic E-state index is -0.986. The number of benzene rings is 2. The molecule has 2 aromatic carbocycles. The Balaban J connectivity index is 1.53. The minimum Gasteiger partial charge on any atom is -0.486 e. The second-order valence-electron chi connectivity index (χ2n) is 6.44. The Morgan fingerprint density at radius 2 is 1.72 bits per heavy atom. The third-order valence-corrected chi connectivity index (χ3v) is 4.20. The molecule has 3 rings (SSSR count). The van der Waals surface area contributed by atoms with Crippen molar-refractivity contribution in [1.29, 1.82) is 0 Å². The van der Waals surface area contributed by atoms with Gasteiger partial charge in [-0.05, 0) is 61.9 Å². The molecule has 0 bridgehead atoms. The molecule has 0 saturated heterocycles. The van der Waals surface area contributed by atoms with E-state index in [1.807, 2.05) is 0 Å². The lowest BCUT2D eigenvalue weighted by Crippen LogP contribution is -2.29. The van der Waals surface area contributed by atoms with E-state index < -0.39 is 18.0 Å². The van der Waals surface area contributed by atoms with E-state index in [0.29, 0.717) is 36.0 Å². The summed E-state index contributed by atoms with van der Waals surface area (Å²) < 4.78 is 16.1. The van der Waals surface area contributed by atoms with Crippen molar-refractivity contribution in [3.05, 3.63) is 59.7 Å². The second kappa shape index (κ2) is 9.05. The number of hydrogen-bond acceptors (Lipinski definition) is 6. The number of fused-ring (bicyclic) bond motifs is 1. The Hall–Kier alpha value is -3.61. The van der Waals surface area contributed by atoms with Gasteiger partial charge in [-0.25, -0.2) is 4.79 Å². The van der Waals surface area contributed by atoms with Gasteiger partial charge in [-0.3, -0.25) is 9.59 Å². The molecule has 7 nitrogen and oxygen atoms in total. The molecule has 29 heavy (non-hydrogen) atoms. The number of Topliss-reactive ketones (excluding diaryl/α,β-unsaturated/α-hetero) is 1. The average Bonchev–Trinajstić information content (AvgIpc) is 2.72. The first-order valence-corrected chi connectivity index (χ1v) is 9.12.